The predicted molar refractivity (Wildman–Crippen MR) is 48.6 cm³/mol. The van der Waals surface area contributed by atoms with Gasteiger partial charge in [0.25, 0.3) is 0 Å². The minimum atomic E-state index is 0.399. The first-order valence-electron chi connectivity index (χ1n) is 4.32. The Balaban J connectivity index is 2.02. The Morgan fingerprint density at radius 1 is 1.69 bits per heavy atom. The summed E-state index contributed by atoms with van der Waals surface area (Å²) in [6, 6.07) is 0.480. The van der Waals surface area contributed by atoms with E-state index in [-0.39, 0.29) is 0 Å². The molecule has 0 N–H and O–H groups in total. The fourth-order valence-corrected chi connectivity index (χ4v) is 1.82. The molecule has 5 heteroatoms. The van der Waals surface area contributed by atoms with Crippen molar-refractivity contribution in [1.82, 2.24) is 14.8 Å². The molecule has 1 aliphatic rings. The van der Waals surface area contributed by atoms with Crippen LogP contribution >= 0.6 is 11.6 Å². The highest BCUT2D eigenvalue weighted by Gasteiger charge is 2.31. The smallest absolute Gasteiger partial charge is 0.148 e. The van der Waals surface area contributed by atoms with Gasteiger partial charge < -0.3 is 9.30 Å². The normalized spacial score (nSPS) is 27.2. The molecular formula is C8H12ClN3O. The molecule has 0 atom stereocenters. The number of nitrogens with zero attached hydrogens (tertiary/aromatic N) is 3. The van der Waals surface area contributed by atoms with Crippen molar-refractivity contribution >= 4 is 11.6 Å². The van der Waals surface area contributed by atoms with Crippen LogP contribution in [0.15, 0.2) is 6.33 Å². The Kier molecular flexibility index (Phi) is 2.51. The summed E-state index contributed by atoms with van der Waals surface area (Å²) in [6.07, 6.45) is 4.22. The van der Waals surface area contributed by atoms with Crippen LogP contribution in [0, 0.1) is 0 Å². The van der Waals surface area contributed by atoms with Crippen LogP contribution in [0.3, 0.4) is 0 Å². The van der Waals surface area contributed by atoms with Gasteiger partial charge in [0, 0.05) is 13.2 Å². The predicted octanol–water partition coefficient (Wildman–Crippen LogP) is 1.37. The quantitative estimate of drug-likeness (QED) is 0.694. The van der Waals surface area contributed by atoms with Gasteiger partial charge in [-0.25, -0.2) is 0 Å². The summed E-state index contributed by atoms with van der Waals surface area (Å²) in [6.45, 7) is 0. The van der Waals surface area contributed by atoms with E-state index in [1.807, 2.05) is 4.57 Å². The zero-order valence-electron chi connectivity index (χ0n) is 7.48. The second kappa shape index (κ2) is 3.64. The van der Waals surface area contributed by atoms with Crippen LogP contribution in [-0.4, -0.2) is 28.0 Å². The first kappa shape index (κ1) is 8.97. The van der Waals surface area contributed by atoms with Crippen molar-refractivity contribution in [3.8, 4) is 0 Å². The van der Waals surface area contributed by atoms with Gasteiger partial charge in [0.15, 0.2) is 0 Å². The largest absolute Gasteiger partial charge is 0.381 e. The summed E-state index contributed by atoms with van der Waals surface area (Å²) in [5.41, 5.74) is 0. The highest BCUT2D eigenvalue weighted by Crippen LogP contribution is 2.34. The number of hydrogen-bond acceptors (Lipinski definition) is 3. The summed E-state index contributed by atoms with van der Waals surface area (Å²) >= 11 is 5.71. The van der Waals surface area contributed by atoms with E-state index in [2.05, 4.69) is 10.2 Å². The van der Waals surface area contributed by atoms with Crippen molar-refractivity contribution in [2.75, 3.05) is 7.11 Å². The number of methoxy groups -OCH3 is 1. The van der Waals surface area contributed by atoms with E-state index in [4.69, 9.17) is 16.3 Å². The van der Waals surface area contributed by atoms with Crippen molar-refractivity contribution in [2.24, 2.45) is 0 Å². The zero-order chi connectivity index (χ0) is 9.26. The molecule has 0 bridgehead atoms. The molecule has 0 aliphatic heterocycles. The lowest BCUT2D eigenvalue weighted by molar-refractivity contribution is 0.00546. The van der Waals surface area contributed by atoms with Gasteiger partial charge in [-0.15, -0.1) is 21.8 Å². The molecule has 0 radical (unpaired) electrons. The molecule has 2 rings (SSSR count). The Labute approximate surface area is 81.9 Å². The first-order valence-corrected chi connectivity index (χ1v) is 4.85. The minimum absolute atomic E-state index is 0.399. The molecule has 0 saturated heterocycles. The van der Waals surface area contributed by atoms with Gasteiger partial charge in [0.1, 0.15) is 12.2 Å². The molecule has 4 nitrogen and oxygen atoms in total. The van der Waals surface area contributed by atoms with Gasteiger partial charge in [0.05, 0.1) is 12.0 Å². The standard InChI is InChI=1S/C8H12ClN3O/c1-13-7-2-6(3-7)12-5-10-11-8(12)4-9/h5-7H,2-4H2,1H3. The fourth-order valence-electron chi connectivity index (χ4n) is 1.62. The maximum Gasteiger partial charge on any atom is 0.148 e. The van der Waals surface area contributed by atoms with E-state index in [0.29, 0.717) is 18.0 Å². The minimum Gasteiger partial charge on any atom is -0.381 e. The van der Waals surface area contributed by atoms with Crippen LogP contribution in [0.5, 0.6) is 0 Å². The molecule has 1 aromatic heterocycles. The molecule has 13 heavy (non-hydrogen) atoms. The average molecular weight is 202 g/mol. The lowest BCUT2D eigenvalue weighted by atomic mass is 9.89. The fraction of sp³-hybridized carbons (Fsp3) is 0.750. The van der Waals surface area contributed by atoms with Crippen LogP contribution in [0.2, 0.25) is 0 Å². The van der Waals surface area contributed by atoms with Crippen molar-refractivity contribution in [1.29, 1.82) is 0 Å². The number of alkyl halides is 1. The molecule has 0 amide bonds. The van der Waals surface area contributed by atoms with Crippen LogP contribution in [0.1, 0.15) is 24.7 Å². The summed E-state index contributed by atoms with van der Waals surface area (Å²) in [4.78, 5) is 0. The van der Waals surface area contributed by atoms with Crippen molar-refractivity contribution in [2.45, 2.75) is 30.9 Å². The molecule has 0 spiro atoms. The highest BCUT2D eigenvalue weighted by molar-refractivity contribution is 6.16. The number of halogens is 1. The van der Waals surface area contributed by atoms with E-state index < -0.39 is 0 Å². The van der Waals surface area contributed by atoms with Gasteiger partial charge in [-0.05, 0) is 12.8 Å². The summed E-state index contributed by atoms with van der Waals surface area (Å²) in [7, 11) is 1.75. The SMILES string of the molecule is COC1CC(n2cnnc2CCl)C1. The van der Waals surface area contributed by atoms with Crippen LogP contribution in [-0.2, 0) is 10.6 Å². The lowest BCUT2D eigenvalue weighted by Crippen LogP contribution is -2.32. The maximum absolute atomic E-state index is 5.71. The van der Waals surface area contributed by atoms with Crippen LogP contribution in [0.25, 0.3) is 0 Å². The second-order valence-electron chi connectivity index (χ2n) is 3.27. The molecule has 1 heterocycles. The Bertz CT molecular complexity index is 283. The van der Waals surface area contributed by atoms with E-state index in [1.54, 1.807) is 13.4 Å². The number of ether oxygens (including phenoxy) is 1. The van der Waals surface area contributed by atoms with Crippen LogP contribution in [0.4, 0.5) is 0 Å². The van der Waals surface area contributed by atoms with Gasteiger partial charge >= 0.3 is 0 Å². The third-order valence-electron chi connectivity index (χ3n) is 2.56. The Morgan fingerprint density at radius 2 is 2.46 bits per heavy atom. The van der Waals surface area contributed by atoms with E-state index in [1.165, 1.54) is 0 Å². The third-order valence-corrected chi connectivity index (χ3v) is 2.80. The zero-order valence-corrected chi connectivity index (χ0v) is 8.24. The van der Waals surface area contributed by atoms with Gasteiger partial charge in [-0.2, -0.15) is 0 Å². The summed E-state index contributed by atoms with van der Waals surface area (Å²) < 4.78 is 7.24. The average Bonchev–Trinajstić information content (AvgIpc) is 2.50. The monoisotopic (exact) mass is 201 g/mol. The van der Waals surface area contributed by atoms with Gasteiger partial charge in [-0.3, -0.25) is 0 Å². The van der Waals surface area contributed by atoms with Crippen molar-refractivity contribution in [3.05, 3.63) is 12.2 Å². The van der Waals surface area contributed by atoms with E-state index in [9.17, 15) is 0 Å². The van der Waals surface area contributed by atoms with E-state index in [0.717, 1.165) is 18.7 Å². The summed E-state index contributed by atoms with van der Waals surface area (Å²) in [5.74, 6) is 1.27. The molecule has 1 fully saturated rings. The topological polar surface area (TPSA) is 39.9 Å². The maximum atomic E-state index is 5.71. The first-order chi connectivity index (χ1) is 6.35. The molecule has 1 aliphatic carbocycles. The van der Waals surface area contributed by atoms with Crippen LogP contribution < -0.4 is 0 Å². The molecule has 72 valence electrons. The second-order valence-corrected chi connectivity index (χ2v) is 3.54. The molecule has 0 unspecified atom stereocenters. The van der Waals surface area contributed by atoms with E-state index >= 15 is 0 Å². The number of hydrogen-bond donors (Lipinski definition) is 0. The lowest BCUT2D eigenvalue weighted by Gasteiger charge is -2.35. The number of aromatic nitrogens is 3. The third kappa shape index (κ3) is 1.56. The summed E-state index contributed by atoms with van der Waals surface area (Å²) in [5, 5.41) is 7.76. The Hall–Kier alpha value is -0.610. The van der Waals surface area contributed by atoms with Crippen molar-refractivity contribution in [3.63, 3.8) is 0 Å². The number of rotatable bonds is 3. The molecule has 0 aromatic carbocycles. The molecule has 1 aromatic rings. The Morgan fingerprint density at radius 3 is 3.08 bits per heavy atom. The highest BCUT2D eigenvalue weighted by atomic mass is 35.5. The van der Waals surface area contributed by atoms with Gasteiger partial charge in [-0.1, -0.05) is 0 Å². The molecular weight excluding hydrogens is 190 g/mol. The van der Waals surface area contributed by atoms with Gasteiger partial charge in [0.2, 0.25) is 0 Å². The molecule has 1 saturated carbocycles. The van der Waals surface area contributed by atoms with Crippen molar-refractivity contribution < 1.29 is 4.74 Å².